The maximum atomic E-state index is 13.4. The number of carbonyl (C=O) groups excluding carboxylic acids is 1. The Morgan fingerprint density at radius 2 is 1.88 bits per heavy atom. The number of ether oxygens (including phenoxy) is 2. The molecule has 5 heterocycles. The van der Waals surface area contributed by atoms with Crippen molar-refractivity contribution >= 4 is 28.2 Å². The summed E-state index contributed by atoms with van der Waals surface area (Å²) in [6.07, 6.45) is 6.72. The molecule has 2 aromatic carbocycles. The number of benzene rings is 2. The minimum atomic E-state index is -0.229. The molecule has 0 bridgehead atoms. The second kappa shape index (κ2) is 15.1. The van der Waals surface area contributed by atoms with Crippen molar-refractivity contribution in [3.63, 3.8) is 0 Å². The van der Waals surface area contributed by atoms with Gasteiger partial charge in [0.1, 0.15) is 18.5 Å². The van der Waals surface area contributed by atoms with Gasteiger partial charge in [-0.1, -0.05) is 36.4 Å². The number of hydrogen-bond donors (Lipinski definition) is 0. The molecule has 49 heavy (non-hydrogen) atoms. The van der Waals surface area contributed by atoms with Gasteiger partial charge in [-0.2, -0.15) is 9.97 Å². The highest BCUT2D eigenvalue weighted by molar-refractivity contribution is 5.97. The van der Waals surface area contributed by atoms with Gasteiger partial charge in [-0.3, -0.25) is 9.69 Å². The molecule has 2 atom stereocenters. The smallest absolute Gasteiger partial charge is 0.318 e. The zero-order valence-corrected chi connectivity index (χ0v) is 28.9. The lowest BCUT2D eigenvalue weighted by Crippen LogP contribution is -2.56. The number of rotatable bonds is 9. The van der Waals surface area contributed by atoms with Gasteiger partial charge >= 0.3 is 6.01 Å². The van der Waals surface area contributed by atoms with Crippen molar-refractivity contribution < 1.29 is 14.3 Å². The monoisotopic (exact) mass is 664 g/mol. The average molecular weight is 665 g/mol. The normalized spacial score (nSPS) is 22.1. The highest BCUT2D eigenvalue weighted by Gasteiger charge is 2.35. The van der Waals surface area contributed by atoms with E-state index in [-0.39, 0.29) is 18.5 Å². The van der Waals surface area contributed by atoms with Crippen LogP contribution in [0.5, 0.6) is 6.01 Å². The fourth-order valence-electron chi connectivity index (χ4n) is 7.83. The lowest BCUT2D eigenvalue weighted by atomic mass is 9.99. The van der Waals surface area contributed by atoms with Crippen LogP contribution < -0.4 is 14.5 Å². The number of likely N-dealkylation sites (tertiary alicyclic amines) is 1. The Kier molecular flexibility index (Phi) is 10.3. The van der Waals surface area contributed by atoms with E-state index >= 15 is 0 Å². The van der Waals surface area contributed by atoms with Crippen LogP contribution >= 0.6 is 0 Å². The number of aromatic nitrogens is 2. The molecular formula is C38H48N8O3. The molecule has 0 radical (unpaired) electrons. The molecule has 258 valence electrons. The summed E-state index contributed by atoms with van der Waals surface area (Å²) in [4.78, 5) is 38.5. The topological polar surface area (TPSA) is 81.9 Å². The minimum absolute atomic E-state index is 0.0306. The maximum Gasteiger partial charge on any atom is 0.318 e. The predicted octanol–water partition coefficient (Wildman–Crippen LogP) is 3.80. The van der Waals surface area contributed by atoms with Crippen LogP contribution in [0.15, 0.2) is 48.6 Å². The molecule has 3 fully saturated rings. The molecule has 0 saturated carbocycles. The molecule has 4 aliphatic rings. The molecule has 7 rings (SSSR count). The largest absolute Gasteiger partial charge is 0.462 e. The summed E-state index contributed by atoms with van der Waals surface area (Å²) in [6, 6.07) is 13.6. The Balaban J connectivity index is 1.14. The highest BCUT2D eigenvalue weighted by atomic mass is 16.5. The van der Waals surface area contributed by atoms with Gasteiger partial charge in [-0.05, 0) is 56.8 Å². The Morgan fingerprint density at radius 1 is 1.04 bits per heavy atom. The van der Waals surface area contributed by atoms with Gasteiger partial charge in [0.25, 0.3) is 0 Å². The minimum Gasteiger partial charge on any atom is -0.462 e. The quantitative estimate of drug-likeness (QED) is 0.251. The zero-order chi connectivity index (χ0) is 33.7. The van der Waals surface area contributed by atoms with E-state index in [1.165, 1.54) is 28.4 Å². The van der Waals surface area contributed by atoms with Gasteiger partial charge in [0.2, 0.25) is 12.5 Å². The summed E-state index contributed by atoms with van der Waals surface area (Å²) >= 11 is 0. The van der Waals surface area contributed by atoms with E-state index in [1.807, 2.05) is 11.0 Å². The molecule has 0 spiro atoms. The Bertz CT molecular complexity index is 1710. The highest BCUT2D eigenvalue weighted by Crippen LogP contribution is 2.36. The number of piperazine rings is 1. The summed E-state index contributed by atoms with van der Waals surface area (Å²) in [5, 5.41) is 2.52. The van der Waals surface area contributed by atoms with Crippen molar-refractivity contribution in [1.82, 2.24) is 24.7 Å². The molecule has 1 amide bonds. The van der Waals surface area contributed by atoms with E-state index in [1.54, 1.807) is 6.08 Å². The van der Waals surface area contributed by atoms with Gasteiger partial charge < -0.3 is 33.9 Å². The van der Waals surface area contributed by atoms with Gasteiger partial charge in [0.05, 0.1) is 25.5 Å². The van der Waals surface area contributed by atoms with Crippen LogP contribution in [0.25, 0.3) is 15.6 Å². The number of morpholine rings is 1. The van der Waals surface area contributed by atoms with Gasteiger partial charge in [0.15, 0.2) is 0 Å². The first-order valence-electron chi connectivity index (χ1n) is 17.8. The zero-order valence-electron chi connectivity index (χ0n) is 28.9. The SMILES string of the molecule is [C-]#[N+]C[C@H]1CN(c2nc(OC[C@@H]3CCCN3C)nc3c2CCN(c2cccc4cccc(C)c24)C3)CCN1C(=O)/C=C/CN1CCOCC1. The number of aryl methyl sites for hydroxylation is 1. The maximum absolute atomic E-state index is 13.4. The van der Waals surface area contributed by atoms with Crippen LogP contribution in [0.4, 0.5) is 11.5 Å². The third-order valence-electron chi connectivity index (χ3n) is 10.6. The molecule has 0 unspecified atom stereocenters. The summed E-state index contributed by atoms with van der Waals surface area (Å²) in [7, 11) is 2.15. The third kappa shape index (κ3) is 7.37. The molecule has 1 aromatic heterocycles. The van der Waals surface area contributed by atoms with E-state index in [0.29, 0.717) is 44.8 Å². The van der Waals surface area contributed by atoms with Crippen LogP contribution in [-0.2, 0) is 22.5 Å². The van der Waals surface area contributed by atoms with E-state index in [0.717, 1.165) is 75.9 Å². The second-order valence-electron chi connectivity index (χ2n) is 13.8. The fourth-order valence-corrected chi connectivity index (χ4v) is 7.83. The van der Waals surface area contributed by atoms with Crippen molar-refractivity contribution in [2.24, 2.45) is 0 Å². The van der Waals surface area contributed by atoms with Crippen LogP contribution in [0.2, 0.25) is 0 Å². The number of anilines is 2. The molecule has 3 aromatic rings. The number of fused-ring (bicyclic) bond motifs is 2. The molecule has 11 nitrogen and oxygen atoms in total. The van der Waals surface area contributed by atoms with E-state index < -0.39 is 0 Å². The number of carbonyl (C=O) groups is 1. The summed E-state index contributed by atoms with van der Waals surface area (Å²) in [5.74, 6) is 0.857. The molecule has 0 N–H and O–H groups in total. The van der Waals surface area contributed by atoms with Crippen LogP contribution in [0.3, 0.4) is 0 Å². The lowest BCUT2D eigenvalue weighted by Gasteiger charge is -2.41. The predicted molar refractivity (Wildman–Crippen MR) is 192 cm³/mol. The number of nitrogens with zero attached hydrogens (tertiary/aromatic N) is 8. The first kappa shape index (κ1) is 33.3. The summed E-state index contributed by atoms with van der Waals surface area (Å²) in [5.41, 5.74) is 4.62. The van der Waals surface area contributed by atoms with Crippen molar-refractivity contribution in [1.29, 1.82) is 0 Å². The summed E-state index contributed by atoms with van der Waals surface area (Å²) < 4.78 is 11.8. The van der Waals surface area contributed by atoms with Crippen molar-refractivity contribution in [2.75, 3.05) is 95.6 Å². The van der Waals surface area contributed by atoms with Gasteiger partial charge in [-0.15, -0.1) is 0 Å². The Morgan fingerprint density at radius 3 is 2.67 bits per heavy atom. The van der Waals surface area contributed by atoms with E-state index in [9.17, 15) is 4.79 Å². The third-order valence-corrected chi connectivity index (χ3v) is 10.6. The number of amides is 1. The van der Waals surface area contributed by atoms with Crippen LogP contribution in [0.1, 0.15) is 29.7 Å². The van der Waals surface area contributed by atoms with Crippen LogP contribution in [0, 0.1) is 13.5 Å². The first-order valence-corrected chi connectivity index (χ1v) is 17.8. The Hall–Kier alpha value is -4.24. The van der Waals surface area contributed by atoms with Crippen molar-refractivity contribution in [2.45, 2.75) is 44.8 Å². The van der Waals surface area contributed by atoms with Crippen molar-refractivity contribution in [3.05, 3.63) is 76.8 Å². The van der Waals surface area contributed by atoms with E-state index in [2.05, 4.69) is 74.8 Å². The van der Waals surface area contributed by atoms with Crippen molar-refractivity contribution in [3.8, 4) is 6.01 Å². The molecule has 3 saturated heterocycles. The van der Waals surface area contributed by atoms with Crippen LogP contribution in [-0.4, -0.2) is 128 Å². The lowest BCUT2D eigenvalue weighted by molar-refractivity contribution is -0.128. The van der Waals surface area contributed by atoms with E-state index in [4.69, 9.17) is 26.0 Å². The van der Waals surface area contributed by atoms with Gasteiger partial charge in [0, 0.05) is 74.6 Å². The molecular weight excluding hydrogens is 616 g/mol. The summed E-state index contributed by atoms with van der Waals surface area (Å²) in [6.45, 7) is 18.9. The first-order chi connectivity index (χ1) is 24.0. The number of hydrogen-bond acceptors (Lipinski definition) is 9. The second-order valence-corrected chi connectivity index (χ2v) is 13.8. The van der Waals surface area contributed by atoms with Gasteiger partial charge in [-0.25, -0.2) is 6.57 Å². The molecule has 0 aliphatic carbocycles. The molecule has 11 heteroatoms. The Labute approximate surface area is 289 Å². The standard InChI is InChI=1S/C38H48N8O3/c1-28-8-4-9-29-10-5-12-34(36(28)29)44-17-14-32-33(26-44)40-38(49-27-30-11-6-15-42(30)3)41-37(32)45-18-19-46(31(25-45)24-39-2)35(47)13-7-16-43-20-22-48-23-21-43/h4-5,7-10,12-13,30-31H,6,11,14-27H2,1,3H3/b13-7+/t30-,31-/m0/s1. The molecule has 4 aliphatic heterocycles. The number of likely N-dealkylation sites (N-methyl/N-ethyl adjacent to an activating group) is 1. The average Bonchev–Trinajstić information content (AvgIpc) is 3.54. The fraction of sp³-hybridized carbons (Fsp3) is 0.526.